The van der Waals surface area contributed by atoms with E-state index in [-0.39, 0.29) is 10.9 Å². The van der Waals surface area contributed by atoms with Crippen LogP contribution in [0.4, 0.5) is 21.8 Å². The van der Waals surface area contributed by atoms with Gasteiger partial charge in [0.05, 0.1) is 17.1 Å². The molecule has 162 valence electrons. The molecule has 0 atom stereocenters. The number of hydrogen-bond donors (Lipinski definition) is 3. The molecule has 1 saturated heterocycles. The third-order valence-electron chi connectivity index (χ3n) is 5.21. The molecule has 1 aliphatic heterocycles. The summed E-state index contributed by atoms with van der Waals surface area (Å²) in [4.78, 5) is 30.5. The number of likely N-dealkylation sites (tertiary alicyclic amines) is 1. The lowest BCUT2D eigenvalue weighted by Crippen LogP contribution is -2.38. The number of aliphatic carboxylic acids is 1. The van der Waals surface area contributed by atoms with E-state index in [4.69, 9.17) is 16.7 Å². The van der Waals surface area contributed by atoms with E-state index in [0.717, 1.165) is 19.6 Å². The Hall–Kier alpha value is -3.11. The molecule has 3 N–H and O–H groups in total. The molecule has 0 radical (unpaired) electrons. The van der Waals surface area contributed by atoms with Crippen molar-refractivity contribution in [2.45, 2.75) is 12.8 Å². The maximum absolute atomic E-state index is 13.4. The molecule has 31 heavy (non-hydrogen) atoms. The summed E-state index contributed by atoms with van der Waals surface area (Å²) in [5, 5.41) is 15.4. The van der Waals surface area contributed by atoms with Gasteiger partial charge in [-0.15, -0.1) is 0 Å². The molecule has 9 nitrogen and oxygen atoms in total. The SMILES string of the molecule is O=C(O)C1CCN(CCNc2ncc3ncnc(Nc4ccc(F)c(Cl)c4)c3n2)CC1. The molecule has 3 heterocycles. The Morgan fingerprint density at radius 1 is 1.26 bits per heavy atom. The van der Waals surface area contributed by atoms with Gasteiger partial charge in [0, 0.05) is 18.8 Å². The second kappa shape index (κ2) is 9.36. The number of rotatable bonds is 7. The third-order valence-corrected chi connectivity index (χ3v) is 5.50. The number of piperidine rings is 1. The molecule has 0 spiro atoms. The number of nitrogens with zero attached hydrogens (tertiary/aromatic N) is 5. The van der Waals surface area contributed by atoms with Crippen molar-refractivity contribution in [2.75, 3.05) is 36.8 Å². The highest BCUT2D eigenvalue weighted by atomic mass is 35.5. The van der Waals surface area contributed by atoms with Crippen molar-refractivity contribution < 1.29 is 14.3 Å². The molecule has 4 rings (SSSR count). The fraction of sp³-hybridized carbons (Fsp3) is 0.350. The number of anilines is 3. The minimum atomic E-state index is -0.711. The van der Waals surface area contributed by atoms with Gasteiger partial charge in [-0.05, 0) is 44.1 Å². The van der Waals surface area contributed by atoms with Crippen molar-refractivity contribution in [2.24, 2.45) is 5.92 Å². The lowest BCUT2D eigenvalue weighted by atomic mass is 9.97. The van der Waals surface area contributed by atoms with Crippen LogP contribution in [0.1, 0.15) is 12.8 Å². The van der Waals surface area contributed by atoms with E-state index in [1.807, 2.05) is 0 Å². The summed E-state index contributed by atoms with van der Waals surface area (Å²) in [5.74, 6) is -0.565. The summed E-state index contributed by atoms with van der Waals surface area (Å²) < 4.78 is 13.4. The fourth-order valence-electron chi connectivity index (χ4n) is 3.47. The minimum Gasteiger partial charge on any atom is -0.481 e. The predicted molar refractivity (Wildman–Crippen MR) is 115 cm³/mol. The monoisotopic (exact) mass is 445 g/mol. The zero-order valence-corrected chi connectivity index (χ0v) is 17.3. The molecule has 0 amide bonds. The molecule has 0 saturated carbocycles. The summed E-state index contributed by atoms with van der Waals surface area (Å²) in [6, 6.07) is 4.30. The number of halogens is 2. The normalized spacial score (nSPS) is 15.2. The van der Waals surface area contributed by atoms with Crippen molar-refractivity contribution in [1.29, 1.82) is 0 Å². The summed E-state index contributed by atoms with van der Waals surface area (Å²) in [5.41, 5.74) is 1.65. The Kier molecular flexibility index (Phi) is 6.38. The van der Waals surface area contributed by atoms with Crippen molar-refractivity contribution in [3.63, 3.8) is 0 Å². The van der Waals surface area contributed by atoms with Crippen LogP contribution in [0.2, 0.25) is 5.02 Å². The highest BCUT2D eigenvalue weighted by molar-refractivity contribution is 6.31. The number of carbonyl (C=O) groups is 1. The van der Waals surface area contributed by atoms with Crippen LogP contribution in [-0.4, -0.2) is 62.1 Å². The Bertz CT molecular complexity index is 1090. The van der Waals surface area contributed by atoms with Gasteiger partial charge in [-0.2, -0.15) is 0 Å². The van der Waals surface area contributed by atoms with Crippen molar-refractivity contribution in [3.05, 3.63) is 41.6 Å². The van der Waals surface area contributed by atoms with Gasteiger partial charge in [0.1, 0.15) is 23.2 Å². The average Bonchev–Trinajstić information content (AvgIpc) is 2.77. The van der Waals surface area contributed by atoms with Crippen molar-refractivity contribution >= 4 is 46.1 Å². The van der Waals surface area contributed by atoms with E-state index >= 15 is 0 Å². The predicted octanol–water partition coefficient (Wildman–Crippen LogP) is 3.16. The Morgan fingerprint density at radius 2 is 2.06 bits per heavy atom. The number of carboxylic acid groups (broad SMARTS) is 1. The third kappa shape index (κ3) is 5.15. The first-order chi connectivity index (χ1) is 15.0. The van der Waals surface area contributed by atoms with Crippen LogP contribution >= 0.6 is 11.6 Å². The number of benzene rings is 1. The summed E-state index contributed by atoms with van der Waals surface area (Å²) >= 11 is 5.85. The van der Waals surface area contributed by atoms with Gasteiger partial charge in [0.25, 0.3) is 0 Å². The Balaban J connectivity index is 1.41. The van der Waals surface area contributed by atoms with E-state index in [9.17, 15) is 9.18 Å². The first-order valence-corrected chi connectivity index (χ1v) is 10.3. The standard InChI is InChI=1S/C20H21ClFN7O2/c21-14-9-13(1-2-15(14)22)27-18-17-16(25-11-26-18)10-24-20(28-17)23-5-8-29-6-3-12(4-7-29)19(30)31/h1-2,9-12H,3-8H2,(H,30,31)(H,23,24,28)(H,25,26,27). The van der Waals surface area contributed by atoms with E-state index < -0.39 is 11.8 Å². The number of carboxylic acids is 1. The lowest BCUT2D eigenvalue weighted by Gasteiger charge is -2.29. The summed E-state index contributed by atoms with van der Waals surface area (Å²) in [7, 11) is 0. The van der Waals surface area contributed by atoms with Gasteiger partial charge in [0.2, 0.25) is 5.95 Å². The first-order valence-electron chi connectivity index (χ1n) is 9.88. The molecule has 0 aliphatic carbocycles. The molecular weight excluding hydrogens is 425 g/mol. The maximum Gasteiger partial charge on any atom is 0.306 e. The molecule has 1 aromatic carbocycles. The zero-order chi connectivity index (χ0) is 21.8. The molecule has 2 aromatic heterocycles. The highest BCUT2D eigenvalue weighted by Crippen LogP contribution is 2.25. The van der Waals surface area contributed by atoms with Gasteiger partial charge in [0.15, 0.2) is 5.82 Å². The quantitative estimate of drug-likeness (QED) is 0.504. The van der Waals surface area contributed by atoms with Crippen molar-refractivity contribution in [3.8, 4) is 0 Å². The molecular formula is C20H21ClFN7O2. The molecule has 11 heteroatoms. The zero-order valence-electron chi connectivity index (χ0n) is 16.6. The Morgan fingerprint density at radius 3 is 2.81 bits per heavy atom. The number of hydrogen-bond acceptors (Lipinski definition) is 8. The number of aromatic nitrogens is 4. The van der Waals surface area contributed by atoms with E-state index in [1.54, 1.807) is 12.3 Å². The summed E-state index contributed by atoms with van der Waals surface area (Å²) in [6.45, 7) is 2.91. The molecule has 0 unspecified atom stereocenters. The van der Waals surface area contributed by atoms with Gasteiger partial charge >= 0.3 is 5.97 Å². The van der Waals surface area contributed by atoms with Crippen LogP contribution in [-0.2, 0) is 4.79 Å². The largest absolute Gasteiger partial charge is 0.481 e. The highest BCUT2D eigenvalue weighted by Gasteiger charge is 2.24. The smallest absolute Gasteiger partial charge is 0.306 e. The van der Waals surface area contributed by atoms with E-state index in [0.29, 0.717) is 47.9 Å². The topological polar surface area (TPSA) is 116 Å². The van der Waals surface area contributed by atoms with E-state index in [1.165, 1.54) is 18.5 Å². The van der Waals surface area contributed by atoms with Crippen LogP contribution in [0, 0.1) is 11.7 Å². The molecule has 3 aromatic rings. The van der Waals surface area contributed by atoms with Gasteiger partial charge in [-0.1, -0.05) is 11.6 Å². The number of nitrogens with one attached hydrogen (secondary N) is 2. The van der Waals surface area contributed by atoms with Gasteiger partial charge < -0.3 is 20.6 Å². The number of fused-ring (bicyclic) bond motifs is 1. The first kappa shape index (κ1) is 21.1. The average molecular weight is 446 g/mol. The lowest BCUT2D eigenvalue weighted by molar-refractivity contribution is -0.143. The Labute approximate surface area is 182 Å². The second-order valence-corrected chi connectivity index (χ2v) is 7.69. The molecule has 0 bridgehead atoms. The van der Waals surface area contributed by atoms with Crippen LogP contribution in [0.25, 0.3) is 11.0 Å². The summed E-state index contributed by atoms with van der Waals surface area (Å²) in [6.07, 6.45) is 4.34. The fourth-order valence-corrected chi connectivity index (χ4v) is 3.65. The van der Waals surface area contributed by atoms with Gasteiger partial charge in [-0.3, -0.25) is 4.79 Å². The van der Waals surface area contributed by atoms with E-state index in [2.05, 4.69) is 35.5 Å². The second-order valence-electron chi connectivity index (χ2n) is 7.28. The maximum atomic E-state index is 13.4. The van der Waals surface area contributed by atoms with Crippen LogP contribution < -0.4 is 10.6 Å². The van der Waals surface area contributed by atoms with Gasteiger partial charge in [-0.25, -0.2) is 24.3 Å². The minimum absolute atomic E-state index is 0.00716. The molecule has 1 fully saturated rings. The molecule has 1 aliphatic rings. The van der Waals surface area contributed by atoms with Crippen LogP contribution in [0.3, 0.4) is 0 Å². The van der Waals surface area contributed by atoms with Crippen molar-refractivity contribution in [1.82, 2.24) is 24.8 Å². The van der Waals surface area contributed by atoms with Crippen LogP contribution in [0.5, 0.6) is 0 Å². The van der Waals surface area contributed by atoms with Crippen LogP contribution in [0.15, 0.2) is 30.7 Å².